The van der Waals surface area contributed by atoms with Crippen LogP contribution in [0.15, 0.2) is 18.3 Å². The number of nitrogens with zero attached hydrogens (tertiary/aromatic N) is 1. The summed E-state index contributed by atoms with van der Waals surface area (Å²) in [4.78, 5) is 15.4. The number of hydrogen-bond acceptors (Lipinski definition) is 4. The van der Waals surface area contributed by atoms with Crippen molar-refractivity contribution in [3.05, 3.63) is 23.9 Å². The highest BCUT2D eigenvalue weighted by molar-refractivity contribution is 5.70. The van der Waals surface area contributed by atoms with Crippen molar-refractivity contribution in [1.29, 1.82) is 0 Å². The molecule has 2 saturated carbocycles. The van der Waals surface area contributed by atoms with Crippen molar-refractivity contribution in [1.82, 2.24) is 10.3 Å². The molecule has 138 valence electrons. The van der Waals surface area contributed by atoms with Gasteiger partial charge in [-0.1, -0.05) is 6.92 Å². The van der Waals surface area contributed by atoms with E-state index >= 15 is 0 Å². The summed E-state index contributed by atoms with van der Waals surface area (Å²) >= 11 is 0. The summed E-state index contributed by atoms with van der Waals surface area (Å²) in [6.45, 7) is 3.09. The minimum Gasteiger partial charge on any atom is -0.481 e. The molecule has 3 rings (SSSR count). The highest BCUT2D eigenvalue weighted by Gasteiger charge is 2.25. The second kappa shape index (κ2) is 8.65. The lowest BCUT2D eigenvalue weighted by Crippen LogP contribution is -2.34. The maximum Gasteiger partial charge on any atom is 0.306 e. The van der Waals surface area contributed by atoms with Crippen molar-refractivity contribution < 1.29 is 14.6 Å². The number of carbonyl (C=O) groups is 1. The maximum absolute atomic E-state index is 11.0. The SMILES string of the molecule is CC1CCC(Oc2cc(CNC3CCC(C(=O)O)CC3)ccn2)CC1. The Morgan fingerprint density at radius 3 is 2.60 bits per heavy atom. The minimum atomic E-state index is -0.647. The number of ether oxygens (including phenoxy) is 1. The zero-order valence-electron chi connectivity index (χ0n) is 15.1. The molecule has 0 spiro atoms. The molecule has 0 unspecified atom stereocenters. The Bertz CT molecular complexity index is 562. The summed E-state index contributed by atoms with van der Waals surface area (Å²) in [5.41, 5.74) is 1.18. The van der Waals surface area contributed by atoms with Crippen LogP contribution in [0.5, 0.6) is 5.88 Å². The first-order chi connectivity index (χ1) is 12.1. The van der Waals surface area contributed by atoms with Gasteiger partial charge in [0.25, 0.3) is 0 Å². The van der Waals surface area contributed by atoms with Gasteiger partial charge in [0.1, 0.15) is 6.10 Å². The molecule has 0 radical (unpaired) electrons. The number of aliphatic carboxylic acids is 1. The van der Waals surface area contributed by atoms with E-state index in [0.29, 0.717) is 12.1 Å². The zero-order valence-corrected chi connectivity index (χ0v) is 15.1. The van der Waals surface area contributed by atoms with E-state index in [-0.39, 0.29) is 5.92 Å². The average Bonchev–Trinajstić information content (AvgIpc) is 2.63. The summed E-state index contributed by atoms with van der Waals surface area (Å²) < 4.78 is 6.07. The Kier molecular flexibility index (Phi) is 6.29. The zero-order chi connectivity index (χ0) is 17.6. The van der Waals surface area contributed by atoms with Crippen LogP contribution >= 0.6 is 0 Å². The smallest absolute Gasteiger partial charge is 0.306 e. The van der Waals surface area contributed by atoms with Gasteiger partial charge in [-0.2, -0.15) is 0 Å². The number of nitrogens with one attached hydrogen (secondary N) is 1. The van der Waals surface area contributed by atoms with Gasteiger partial charge >= 0.3 is 5.97 Å². The van der Waals surface area contributed by atoms with Gasteiger partial charge in [0.05, 0.1) is 5.92 Å². The largest absolute Gasteiger partial charge is 0.481 e. The van der Waals surface area contributed by atoms with Gasteiger partial charge in [0, 0.05) is 24.8 Å². The first-order valence-corrected chi connectivity index (χ1v) is 9.68. The Morgan fingerprint density at radius 1 is 1.20 bits per heavy atom. The number of pyridine rings is 1. The van der Waals surface area contributed by atoms with Crippen LogP contribution in [0.4, 0.5) is 0 Å². The molecule has 5 heteroatoms. The van der Waals surface area contributed by atoms with Crippen LogP contribution in [-0.2, 0) is 11.3 Å². The van der Waals surface area contributed by atoms with E-state index < -0.39 is 5.97 Å². The lowest BCUT2D eigenvalue weighted by atomic mass is 9.86. The lowest BCUT2D eigenvalue weighted by molar-refractivity contribution is -0.142. The van der Waals surface area contributed by atoms with Crippen molar-refractivity contribution in [2.75, 3.05) is 0 Å². The van der Waals surface area contributed by atoms with Gasteiger partial charge in [-0.3, -0.25) is 4.79 Å². The van der Waals surface area contributed by atoms with Crippen LogP contribution in [0.25, 0.3) is 0 Å². The molecule has 1 aromatic heterocycles. The molecule has 2 aliphatic carbocycles. The van der Waals surface area contributed by atoms with E-state index in [4.69, 9.17) is 9.84 Å². The van der Waals surface area contributed by atoms with E-state index in [1.165, 1.54) is 18.4 Å². The van der Waals surface area contributed by atoms with E-state index in [9.17, 15) is 4.79 Å². The summed E-state index contributed by atoms with van der Waals surface area (Å²) in [5, 5.41) is 12.6. The molecule has 0 aromatic carbocycles. The molecule has 0 aliphatic heterocycles. The molecule has 5 nitrogen and oxygen atoms in total. The molecular weight excluding hydrogens is 316 g/mol. The second-order valence-corrected chi connectivity index (χ2v) is 7.77. The second-order valence-electron chi connectivity index (χ2n) is 7.77. The first kappa shape index (κ1) is 18.2. The molecule has 1 heterocycles. The fraction of sp³-hybridized carbons (Fsp3) is 0.700. The molecule has 0 atom stereocenters. The van der Waals surface area contributed by atoms with Gasteiger partial charge in [-0.05, 0) is 68.9 Å². The number of aromatic nitrogens is 1. The van der Waals surface area contributed by atoms with Crippen LogP contribution in [0.2, 0.25) is 0 Å². The minimum absolute atomic E-state index is 0.155. The molecule has 2 aliphatic rings. The van der Waals surface area contributed by atoms with Crippen LogP contribution in [0.3, 0.4) is 0 Å². The Hall–Kier alpha value is -1.62. The quantitative estimate of drug-likeness (QED) is 0.820. The number of rotatable bonds is 6. The average molecular weight is 346 g/mol. The summed E-state index contributed by atoms with van der Waals surface area (Å²) in [5.74, 6) is 0.747. The topological polar surface area (TPSA) is 71.5 Å². The third-order valence-electron chi connectivity index (χ3n) is 5.72. The monoisotopic (exact) mass is 346 g/mol. The van der Waals surface area contributed by atoms with Gasteiger partial charge in [-0.25, -0.2) is 4.98 Å². The highest BCUT2D eigenvalue weighted by Crippen LogP contribution is 2.27. The fourth-order valence-electron chi connectivity index (χ4n) is 3.95. The van der Waals surface area contributed by atoms with Crippen molar-refractivity contribution in [2.24, 2.45) is 11.8 Å². The standard InChI is InChI=1S/C20H30N2O3/c1-14-2-8-18(9-3-14)25-19-12-15(10-11-21-19)13-22-17-6-4-16(5-7-17)20(23)24/h10-12,14,16-18,22H,2-9,13H2,1H3,(H,23,24). The normalized spacial score (nSPS) is 30.0. The summed E-state index contributed by atoms with van der Waals surface area (Å²) in [7, 11) is 0. The molecule has 0 bridgehead atoms. The van der Waals surface area contributed by atoms with Crippen LogP contribution in [0, 0.1) is 11.8 Å². The van der Waals surface area contributed by atoms with E-state index in [0.717, 1.165) is 56.9 Å². The molecule has 0 amide bonds. The van der Waals surface area contributed by atoms with Crippen LogP contribution < -0.4 is 10.1 Å². The van der Waals surface area contributed by atoms with Crippen molar-refractivity contribution in [2.45, 2.75) is 77.0 Å². The third-order valence-corrected chi connectivity index (χ3v) is 5.72. The Balaban J connectivity index is 1.45. The molecule has 1 aromatic rings. The van der Waals surface area contributed by atoms with Gasteiger partial charge < -0.3 is 15.2 Å². The van der Waals surface area contributed by atoms with Crippen molar-refractivity contribution in [3.8, 4) is 5.88 Å². The molecule has 25 heavy (non-hydrogen) atoms. The third kappa shape index (κ3) is 5.43. The predicted octanol–water partition coefficient (Wildman–Crippen LogP) is 3.77. The van der Waals surface area contributed by atoms with Gasteiger partial charge in [-0.15, -0.1) is 0 Å². The Labute approximate surface area is 150 Å². The van der Waals surface area contributed by atoms with Crippen molar-refractivity contribution in [3.63, 3.8) is 0 Å². The lowest BCUT2D eigenvalue weighted by Gasteiger charge is -2.27. The molecular formula is C20H30N2O3. The number of hydrogen-bond donors (Lipinski definition) is 2. The highest BCUT2D eigenvalue weighted by atomic mass is 16.5. The molecule has 2 fully saturated rings. The Morgan fingerprint density at radius 2 is 1.92 bits per heavy atom. The maximum atomic E-state index is 11.0. The van der Waals surface area contributed by atoms with Gasteiger partial charge in [0.2, 0.25) is 5.88 Å². The predicted molar refractivity (Wildman–Crippen MR) is 96.5 cm³/mol. The van der Waals surface area contributed by atoms with Gasteiger partial charge in [0.15, 0.2) is 0 Å². The fourth-order valence-corrected chi connectivity index (χ4v) is 3.95. The molecule has 2 N–H and O–H groups in total. The number of carboxylic acids is 1. The number of carboxylic acid groups (broad SMARTS) is 1. The summed E-state index contributed by atoms with van der Waals surface area (Å²) in [6, 6.07) is 4.47. The van der Waals surface area contributed by atoms with Crippen LogP contribution in [-0.4, -0.2) is 28.2 Å². The van der Waals surface area contributed by atoms with Crippen molar-refractivity contribution >= 4 is 5.97 Å². The summed E-state index contributed by atoms with van der Waals surface area (Å²) in [6.07, 6.45) is 10.3. The first-order valence-electron chi connectivity index (χ1n) is 9.68. The van der Waals surface area contributed by atoms with E-state index in [1.807, 2.05) is 18.3 Å². The molecule has 0 saturated heterocycles. The van der Waals surface area contributed by atoms with Crippen LogP contribution in [0.1, 0.15) is 63.9 Å². The van der Waals surface area contributed by atoms with E-state index in [1.54, 1.807) is 0 Å². The van der Waals surface area contributed by atoms with E-state index in [2.05, 4.69) is 17.2 Å².